The molecule has 0 atom stereocenters. The topological polar surface area (TPSA) is 58.6 Å². The molecular weight excluding hydrogens is 194 g/mol. The zero-order valence-corrected chi connectivity index (χ0v) is 7.26. The maximum atomic E-state index is 10.9. The average Bonchev–Trinajstić information content (AvgIpc) is 2.02. The van der Waals surface area contributed by atoms with E-state index in [0.717, 1.165) is 0 Å². The fourth-order valence-electron chi connectivity index (χ4n) is 1.14. The molecule has 1 aliphatic heterocycles. The van der Waals surface area contributed by atoms with Crippen molar-refractivity contribution in [2.24, 2.45) is 0 Å². The van der Waals surface area contributed by atoms with Gasteiger partial charge < -0.3 is 15.2 Å². The fourth-order valence-corrected chi connectivity index (χ4v) is 1.41. The van der Waals surface area contributed by atoms with Crippen molar-refractivity contribution in [1.82, 2.24) is 0 Å². The third-order valence-corrected chi connectivity index (χ3v) is 1.93. The van der Waals surface area contributed by atoms with Crippen LogP contribution >= 0.6 is 11.6 Å². The highest BCUT2D eigenvalue weighted by atomic mass is 35.5. The molecule has 68 valence electrons. The molecule has 0 saturated heterocycles. The normalized spacial score (nSPS) is 14.4. The Balaban J connectivity index is 2.53. The van der Waals surface area contributed by atoms with Gasteiger partial charge >= 0.3 is 0 Å². The number of ether oxygens (including phenoxy) is 1. The Hall–Kier alpha value is -1.42. The maximum Gasteiger partial charge on any atom is 0.262 e. The van der Waals surface area contributed by atoms with Crippen LogP contribution in [0, 0.1) is 0 Å². The van der Waals surface area contributed by atoms with Crippen molar-refractivity contribution in [3.8, 4) is 11.5 Å². The summed E-state index contributed by atoms with van der Waals surface area (Å²) in [5.41, 5.74) is 0.404. The van der Waals surface area contributed by atoms with Crippen LogP contribution in [0.3, 0.4) is 0 Å². The molecule has 1 amide bonds. The Morgan fingerprint density at radius 2 is 2.31 bits per heavy atom. The molecule has 13 heavy (non-hydrogen) atoms. The molecule has 0 radical (unpaired) electrons. The van der Waals surface area contributed by atoms with Crippen LogP contribution in [0.25, 0.3) is 0 Å². The Kier molecular flexibility index (Phi) is 1.77. The molecule has 4 nitrogen and oxygen atoms in total. The van der Waals surface area contributed by atoms with Gasteiger partial charge in [-0.15, -0.1) is 0 Å². The standard InChI is InChI=1S/C8H6ClNO3/c9-5-1-4(11)2-6-8(5)13-3-7(12)10-6/h1-2,11H,3H2,(H,10,12). The van der Waals surface area contributed by atoms with Gasteiger partial charge in [0.2, 0.25) is 0 Å². The second kappa shape index (κ2) is 2.81. The van der Waals surface area contributed by atoms with Gasteiger partial charge in [-0.05, 0) is 0 Å². The van der Waals surface area contributed by atoms with Crippen molar-refractivity contribution < 1.29 is 14.6 Å². The third kappa shape index (κ3) is 1.40. The lowest BCUT2D eigenvalue weighted by Gasteiger charge is -2.18. The Morgan fingerprint density at radius 1 is 1.54 bits per heavy atom. The minimum absolute atomic E-state index is 0.00505. The Morgan fingerprint density at radius 3 is 3.08 bits per heavy atom. The summed E-state index contributed by atoms with van der Waals surface area (Å²) in [6.07, 6.45) is 0. The first-order chi connectivity index (χ1) is 6.16. The van der Waals surface area contributed by atoms with Crippen LogP contribution in [0.4, 0.5) is 5.69 Å². The lowest BCUT2D eigenvalue weighted by atomic mass is 10.2. The highest BCUT2D eigenvalue weighted by molar-refractivity contribution is 6.33. The number of carbonyl (C=O) groups is 1. The minimum atomic E-state index is -0.255. The van der Waals surface area contributed by atoms with E-state index in [-0.39, 0.29) is 23.3 Å². The quantitative estimate of drug-likeness (QED) is 0.664. The summed E-state index contributed by atoms with van der Waals surface area (Å²) in [6, 6.07) is 2.75. The number of nitrogens with one attached hydrogen (secondary N) is 1. The molecule has 1 heterocycles. The predicted molar refractivity (Wildman–Crippen MR) is 47.2 cm³/mol. The number of phenolic OH excluding ortho intramolecular Hbond substituents is 1. The molecule has 0 aromatic heterocycles. The first-order valence-corrected chi connectivity index (χ1v) is 4.00. The van der Waals surface area contributed by atoms with Crippen molar-refractivity contribution in [1.29, 1.82) is 0 Å². The highest BCUT2D eigenvalue weighted by Gasteiger charge is 2.19. The lowest BCUT2D eigenvalue weighted by molar-refractivity contribution is -0.118. The molecule has 2 rings (SSSR count). The molecular formula is C8H6ClNO3. The number of aromatic hydroxyl groups is 1. The first-order valence-electron chi connectivity index (χ1n) is 3.62. The zero-order valence-electron chi connectivity index (χ0n) is 6.50. The summed E-state index contributed by atoms with van der Waals surface area (Å²) in [4.78, 5) is 10.9. The van der Waals surface area contributed by atoms with Gasteiger partial charge in [-0.2, -0.15) is 0 Å². The fraction of sp³-hybridized carbons (Fsp3) is 0.125. The lowest BCUT2D eigenvalue weighted by Crippen LogP contribution is -2.25. The number of halogens is 1. The molecule has 1 aromatic carbocycles. The van der Waals surface area contributed by atoms with Gasteiger partial charge in [0, 0.05) is 12.1 Å². The van der Waals surface area contributed by atoms with Crippen LogP contribution in [-0.4, -0.2) is 17.6 Å². The van der Waals surface area contributed by atoms with Gasteiger partial charge in [-0.3, -0.25) is 4.79 Å². The van der Waals surface area contributed by atoms with Crippen LogP contribution in [0.1, 0.15) is 0 Å². The van der Waals surface area contributed by atoms with E-state index in [0.29, 0.717) is 11.4 Å². The molecule has 1 aliphatic rings. The van der Waals surface area contributed by atoms with Crippen molar-refractivity contribution in [3.63, 3.8) is 0 Å². The molecule has 5 heteroatoms. The predicted octanol–water partition coefficient (Wildman–Crippen LogP) is 1.38. The van der Waals surface area contributed by atoms with Crippen molar-refractivity contribution in [2.75, 3.05) is 11.9 Å². The average molecular weight is 200 g/mol. The van der Waals surface area contributed by atoms with Crippen LogP contribution in [-0.2, 0) is 4.79 Å². The van der Waals surface area contributed by atoms with E-state index >= 15 is 0 Å². The molecule has 0 spiro atoms. The molecule has 0 saturated carbocycles. The first kappa shape index (κ1) is 8.19. The molecule has 0 fully saturated rings. The van der Waals surface area contributed by atoms with E-state index in [9.17, 15) is 4.79 Å². The van der Waals surface area contributed by atoms with E-state index in [4.69, 9.17) is 21.4 Å². The van der Waals surface area contributed by atoms with Crippen molar-refractivity contribution in [3.05, 3.63) is 17.2 Å². The Bertz CT molecular complexity index is 378. The third-order valence-electron chi connectivity index (χ3n) is 1.65. The molecule has 0 aliphatic carbocycles. The summed E-state index contributed by atoms with van der Waals surface area (Å²) >= 11 is 5.76. The number of carbonyl (C=O) groups excluding carboxylic acids is 1. The van der Waals surface area contributed by atoms with Crippen LogP contribution in [0.15, 0.2) is 12.1 Å². The number of amides is 1. The highest BCUT2D eigenvalue weighted by Crippen LogP contribution is 2.38. The van der Waals surface area contributed by atoms with Crippen LogP contribution < -0.4 is 10.1 Å². The number of hydrogen-bond acceptors (Lipinski definition) is 3. The second-order valence-corrected chi connectivity index (χ2v) is 3.05. The summed E-state index contributed by atoms with van der Waals surface area (Å²) in [6.45, 7) is -0.0442. The van der Waals surface area contributed by atoms with Gasteiger partial charge in [0.05, 0.1) is 10.7 Å². The molecule has 1 aromatic rings. The molecule has 2 N–H and O–H groups in total. The summed E-state index contributed by atoms with van der Waals surface area (Å²) in [5.74, 6) is 0.141. The number of benzene rings is 1. The zero-order chi connectivity index (χ0) is 9.42. The van der Waals surface area contributed by atoms with Gasteiger partial charge in [0.15, 0.2) is 12.4 Å². The SMILES string of the molecule is O=C1COc2c(Cl)cc(O)cc2N1. The number of fused-ring (bicyclic) bond motifs is 1. The van der Waals surface area contributed by atoms with Crippen molar-refractivity contribution in [2.45, 2.75) is 0 Å². The number of phenols is 1. The van der Waals surface area contributed by atoms with E-state index in [1.807, 2.05) is 0 Å². The largest absolute Gasteiger partial charge is 0.508 e. The molecule has 0 bridgehead atoms. The van der Waals surface area contributed by atoms with E-state index < -0.39 is 0 Å². The molecule has 0 unspecified atom stereocenters. The minimum Gasteiger partial charge on any atom is -0.508 e. The maximum absolute atomic E-state index is 10.9. The summed E-state index contributed by atoms with van der Waals surface area (Å²) < 4.78 is 5.07. The number of rotatable bonds is 0. The monoisotopic (exact) mass is 199 g/mol. The second-order valence-electron chi connectivity index (χ2n) is 2.64. The van der Waals surface area contributed by atoms with Crippen LogP contribution in [0.5, 0.6) is 11.5 Å². The van der Waals surface area contributed by atoms with Crippen LogP contribution in [0.2, 0.25) is 5.02 Å². The van der Waals surface area contributed by atoms with Gasteiger partial charge in [0.1, 0.15) is 5.75 Å². The van der Waals surface area contributed by atoms with Gasteiger partial charge in [-0.1, -0.05) is 11.6 Å². The van der Waals surface area contributed by atoms with E-state index in [2.05, 4.69) is 5.32 Å². The number of anilines is 1. The summed E-state index contributed by atoms with van der Waals surface area (Å²) in [5, 5.41) is 12.0. The number of hydrogen-bond donors (Lipinski definition) is 2. The smallest absolute Gasteiger partial charge is 0.262 e. The van der Waals surface area contributed by atoms with Crippen molar-refractivity contribution >= 4 is 23.2 Å². The van der Waals surface area contributed by atoms with E-state index in [1.165, 1.54) is 12.1 Å². The summed E-state index contributed by atoms with van der Waals surface area (Å²) in [7, 11) is 0. The van der Waals surface area contributed by atoms with Gasteiger partial charge in [-0.25, -0.2) is 0 Å². The Labute approximate surface area is 79.1 Å². The van der Waals surface area contributed by atoms with E-state index in [1.54, 1.807) is 0 Å². The van der Waals surface area contributed by atoms with Gasteiger partial charge in [0.25, 0.3) is 5.91 Å².